The minimum Gasteiger partial charge on any atom is -0.361 e. The van der Waals surface area contributed by atoms with Crippen molar-refractivity contribution in [3.8, 4) is 11.4 Å². The Morgan fingerprint density at radius 1 is 1.24 bits per heavy atom. The highest BCUT2D eigenvalue weighted by molar-refractivity contribution is 7.80. The predicted octanol–water partition coefficient (Wildman–Crippen LogP) is 2.21. The maximum Gasteiger partial charge on any atom is 0.238 e. The first-order chi connectivity index (χ1) is 12.0. The van der Waals surface area contributed by atoms with E-state index in [4.69, 9.17) is 16.7 Å². The first kappa shape index (κ1) is 18.9. The van der Waals surface area contributed by atoms with Crippen molar-refractivity contribution >= 4 is 23.2 Å². The van der Waals surface area contributed by atoms with Gasteiger partial charge < -0.3 is 9.84 Å². The molecule has 1 aromatic carbocycles. The van der Waals surface area contributed by atoms with E-state index >= 15 is 0 Å². The Balaban J connectivity index is 1.68. The average molecular weight is 361 g/mol. The van der Waals surface area contributed by atoms with Gasteiger partial charge in [-0.3, -0.25) is 15.6 Å². The zero-order chi connectivity index (χ0) is 18.1. The number of benzene rings is 1. The van der Waals surface area contributed by atoms with Crippen molar-refractivity contribution in [2.24, 2.45) is 5.92 Å². The topological polar surface area (TPSA) is 92.1 Å². The van der Waals surface area contributed by atoms with E-state index in [9.17, 15) is 4.79 Å². The number of amides is 1. The van der Waals surface area contributed by atoms with Crippen molar-refractivity contribution in [3.05, 3.63) is 36.2 Å². The first-order valence-electron chi connectivity index (χ1n) is 8.25. The summed E-state index contributed by atoms with van der Waals surface area (Å²) in [5, 5.41) is 7.35. The van der Waals surface area contributed by atoms with Crippen LogP contribution in [0.15, 0.2) is 34.9 Å². The van der Waals surface area contributed by atoms with Crippen LogP contribution in [0.4, 0.5) is 0 Å². The minimum atomic E-state index is -0.201. The van der Waals surface area contributed by atoms with E-state index in [1.54, 1.807) is 0 Å². The van der Waals surface area contributed by atoms with Gasteiger partial charge in [0.25, 0.3) is 0 Å². The Bertz CT molecular complexity index is 687. The quantitative estimate of drug-likeness (QED) is 0.514. The number of hydrogen-bond donors (Lipinski definition) is 3. The molecule has 0 atom stereocenters. The Morgan fingerprint density at radius 3 is 2.72 bits per heavy atom. The smallest absolute Gasteiger partial charge is 0.238 e. The van der Waals surface area contributed by atoms with Gasteiger partial charge in [0.1, 0.15) is 0 Å². The molecule has 1 amide bonds. The minimum absolute atomic E-state index is 0.201. The second-order valence-corrected chi connectivity index (χ2v) is 6.40. The molecule has 7 nitrogen and oxygen atoms in total. The predicted molar refractivity (Wildman–Crippen MR) is 99.4 cm³/mol. The van der Waals surface area contributed by atoms with Crippen molar-refractivity contribution in [2.75, 3.05) is 6.54 Å². The molecule has 2 aromatic rings. The number of hydrogen-bond acceptors (Lipinski definition) is 5. The number of rotatable bonds is 7. The van der Waals surface area contributed by atoms with E-state index in [0.29, 0.717) is 29.2 Å². The fraction of sp³-hybridized carbons (Fsp3) is 0.412. The lowest BCUT2D eigenvalue weighted by atomic mass is 10.1. The molecule has 0 aliphatic heterocycles. The lowest BCUT2D eigenvalue weighted by molar-refractivity contribution is -0.121. The van der Waals surface area contributed by atoms with Gasteiger partial charge >= 0.3 is 0 Å². The van der Waals surface area contributed by atoms with Crippen LogP contribution in [0.1, 0.15) is 32.6 Å². The molecule has 0 spiro atoms. The summed E-state index contributed by atoms with van der Waals surface area (Å²) in [5.41, 5.74) is 6.10. The van der Waals surface area contributed by atoms with Crippen LogP contribution in [-0.2, 0) is 11.2 Å². The second kappa shape index (κ2) is 9.73. The van der Waals surface area contributed by atoms with Crippen molar-refractivity contribution in [1.29, 1.82) is 0 Å². The monoisotopic (exact) mass is 361 g/mol. The number of nitrogens with zero attached hydrogens (tertiary/aromatic N) is 2. The van der Waals surface area contributed by atoms with E-state index in [2.05, 4.69) is 40.2 Å². The molecule has 8 heteroatoms. The van der Waals surface area contributed by atoms with Gasteiger partial charge in [0.15, 0.2) is 5.11 Å². The maximum atomic E-state index is 11.8. The summed E-state index contributed by atoms with van der Waals surface area (Å²) in [5.74, 6) is 1.34. The molecule has 1 aromatic heterocycles. The maximum absolute atomic E-state index is 11.8. The van der Waals surface area contributed by atoms with E-state index in [0.717, 1.165) is 18.5 Å². The molecule has 3 N–H and O–H groups in total. The summed E-state index contributed by atoms with van der Waals surface area (Å²) < 4.78 is 5.17. The fourth-order valence-corrected chi connectivity index (χ4v) is 2.14. The molecule has 134 valence electrons. The van der Waals surface area contributed by atoms with Crippen molar-refractivity contribution in [1.82, 2.24) is 26.3 Å². The summed E-state index contributed by atoms with van der Waals surface area (Å²) in [7, 11) is 0. The number of aryl methyl sites for hydroxylation is 1. The summed E-state index contributed by atoms with van der Waals surface area (Å²) >= 11 is 5.08. The highest BCUT2D eigenvalue weighted by Crippen LogP contribution is 2.15. The zero-order valence-electron chi connectivity index (χ0n) is 14.4. The van der Waals surface area contributed by atoms with Gasteiger partial charge in [0.05, 0.1) is 0 Å². The third-order valence-electron chi connectivity index (χ3n) is 3.39. The molecule has 0 saturated carbocycles. The third kappa shape index (κ3) is 6.88. The van der Waals surface area contributed by atoms with E-state index in [1.165, 1.54) is 0 Å². The largest absolute Gasteiger partial charge is 0.361 e. The molecule has 0 bridgehead atoms. The molecule has 0 unspecified atom stereocenters. The molecular formula is C17H23N5O2S. The number of hydrazine groups is 1. The second-order valence-electron chi connectivity index (χ2n) is 5.99. The number of carbonyl (C=O) groups excluding carboxylic acids is 1. The molecular weight excluding hydrogens is 338 g/mol. The van der Waals surface area contributed by atoms with E-state index < -0.39 is 0 Å². The van der Waals surface area contributed by atoms with Crippen molar-refractivity contribution < 1.29 is 9.32 Å². The lowest BCUT2D eigenvalue weighted by Crippen LogP contribution is -2.47. The van der Waals surface area contributed by atoms with Crippen molar-refractivity contribution in [2.45, 2.75) is 33.1 Å². The van der Waals surface area contributed by atoms with Gasteiger partial charge in [-0.25, -0.2) is 0 Å². The third-order valence-corrected chi connectivity index (χ3v) is 3.64. The number of nitrogens with one attached hydrogen (secondary N) is 3. The Morgan fingerprint density at radius 2 is 2.00 bits per heavy atom. The van der Waals surface area contributed by atoms with E-state index in [1.807, 2.05) is 30.3 Å². The van der Waals surface area contributed by atoms with Gasteiger partial charge in [-0.1, -0.05) is 49.3 Å². The van der Waals surface area contributed by atoms with Gasteiger partial charge in [-0.2, -0.15) is 4.98 Å². The zero-order valence-corrected chi connectivity index (χ0v) is 15.2. The highest BCUT2D eigenvalue weighted by atomic mass is 32.1. The molecule has 0 aliphatic rings. The first-order valence-corrected chi connectivity index (χ1v) is 8.66. The van der Waals surface area contributed by atoms with Crippen LogP contribution in [0.2, 0.25) is 0 Å². The summed E-state index contributed by atoms with van der Waals surface area (Å²) in [4.78, 5) is 16.1. The lowest BCUT2D eigenvalue weighted by Gasteiger charge is -2.12. The van der Waals surface area contributed by atoms with Gasteiger partial charge in [-0.05, 0) is 24.6 Å². The van der Waals surface area contributed by atoms with Crippen LogP contribution in [0.3, 0.4) is 0 Å². The molecule has 1 heterocycles. The molecule has 0 saturated heterocycles. The number of carbonyl (C=O) groups is 1. The van der Waals surface area contributed by atoms with E-state index in [-0.39, 0.29) is 12.3 Å². The van der Waals surface area contributed by atoms with Crippen molar-refractivity contribution in [3.63, 3.8) is 0 Å². The molecule has 25 heavy (non-hydrogen) atoms. The van der Waals surface area contributed by atoms with Crippen LogP contribution in [0.5, 0.6) is 0 Å². The SMILES string of the molecule is CC(C)CCNC(=S)NNC(=O)CCc1nc(-c2ccccc2)no1. The Labute approximate surface area is 152 Å². The fourth-order valence-electron chi connectivity index (χ4n) is 1.99. The average Bonchev–Trinajstić information content (AvgIpc) is 3.07. The van der Waals surface area contributed by atoms with Gasteiger partial charge in [-0.15, -0.1) is 0 Å². The summed E-state index contributed by atoms with van der Waals surface area (Å²) in [6.45, 7) is 5.05. The molecule has 0 fully saturated rings. The van der Waals surface area contributed by atoms with Gasteiger partial charge in [0.2, 0.25) is 17.6 Å². The normalized spacial score (nSPS) is 10.5. The van der Waals surface area contributed by atoms with Gasteiger partial charge in [0, 0.05) is 24.9 Å². The molecule has 0 aliphatic carbocycles. The van der Waals surface area contributed by atoms with Crippen LogP contribution in [0.25, 0.3) is 11.4 Å². The number of aromatic nitrogens is 2. The molecule has 2 rings (SSSR count). The van der Waals surface area contributed by atoms with Crippen LogP contribution < -0.4 is 16.2 Å². The van der Waals surface area contributed by atoms with Crippen LogP contribution in [0, 0.1) is 5.92 Å². The van der Waals surface area contributed by atoms with Crippen LogP contribution >= 0.6 is 12.2 Å². The number of thiocarbonyl (C=S) groups is 1. The Hall–Kier alpha value is -2.48. The Kier molecular flexibility index (Phi) is 7.34. The summed E-state index contributed by atoms with van der Waals surface area (Å²) in [6, 6.07) is 9.53. The molecule has 0 radical (unpaired) electrons. The summed E-state index contributed by atoms with van der Waals surface area (Å²) in [6.07, 6.45) is 1.59. The highest BCUT2D eigenvalue weighted by Gasteiger charge is 2.10. The standard InChI is InChI=1S/C17H23N5O2S/c1-12(2)10-11-18-17(25)21-20-14(23)8-9-15-19-16(22-24-15)13-6-4-3-5-7-13/h3-7,12H,8-11H2,1-2H3,(H,20,23)(H2,18,21,25). The van der Waals surface area contributed by atoms with Crippen LogP contribution in [-0.4, -0.2) is 27.7 Å².